The molecule has 6 heteroatoms. The molecule has 1 aromatic carbocycles. The van der Waals surface area contributed by atoms with Crippen molar-refractivity contribution in [3.05, 3.63) is 46.7 Å². The van der Waals surface area contributed by atoms with Crippen molar-refractivity contribution in [1.29, 1.82) is 5.26 Å². The van der Waals surface area contributed by atoms with Crippen LogP contribution in [0.4, 0.5) is 4.39 Å². The fourth-order valence-electron chi connectivity index (χ4n) is 1.74. The molecule has 0 aliphatic rings. The standard InChI is InChI=1S/C16H14FN3OS/c1-2-7-19-15(21)11(9-18)8-12-10-20-16(22-12)13-5-3-4-6-14(13)17/h3-6,8,10H,2,7H2,1H3,(H,19,21)/b11-8+. The van der Waals surface area contributed by atoms with Crippen LogP contribution in [0.25, 0.3) is 16.6 Å². The smallest absolute Gasteiger partial charge is 0.261 e. The van der Waals surface area contributed by atoms with Gasteiger partial charge in [0, 0.05) is 23.2 Å². The molecule has 1 aromatic heterocycles. The van der Waals surface area contributed by atoms with Gasteiger partial charge < -0.3 is 5.32 Å². The highest BCUT2D eigenvalue weighted by molar-refractivity contribution is 7.15. The van der Waals surface area contributed by atoms with Gasteiger partial charge in [0.1, 0.15) is 22.5 Å². The van der Waals surface area contributed by atoms with E-state index >= 15 is 0 Å². The molecule has 1 N–H and O–H groups in total. The molecule has 0 unspecified atom stereocenters. The Morgan fingerprint density at radius 1 is 1.50 bits per heavy atom. The summed E-state index contributed by atoms with van der Waals surface area (Å²) >= 11 is 1.23. The molecule has 0 aliphatic carbocycles. The van der Waals surface area contributed by atoms with Gasteiger partial charge in [0.25, 0.3) is 5.91 Å². The lowest BCUT2D eigenvalue weighted by molar-refractivity contribution is -0.117. The topological polar surface area (TPSA) is 65.8 Å². The molecule has 4 nitrogen and oxygen atoms in total. The van der Waals surface area contributed by atoms with Gasteiger partial charge in [-0.05, 0) is 24.6 Å². The van der Waals surface area contributed by atoms with Gasteiger partial charge in [0.05, 0.1) is 0 Å². The summed E-state index contributed by atoms with van der Waals surface area (Å²) in [5, 5.41) is 12.2. The Bertz CT molecular complexity index is 746. The highest BCUT2D eigenvalue weighted by Gasteiger charge is 2.11. The van der Waals surface area contributed by atoms with E-state index in [9.17, 15) is 9.18 Å². The Morgan fingerprint density at radius 3 is 2.95 bits per heavy atom. The molecule has 22 heavy (non-hydrogen) atoms. The average Bonchev–Trinajstić information content (AvgIpc) is 2.99. The van der Waals surface area contributed by atoms with Crippen LogP contribution in [0, 0.1) is 17.1 Å². The first-order valence-electron chi connectivity index (χ1n) is 6.76. The van der Waals surface area contributed by atoms with Gasteiger partial charge >= 0.3 is 0 Å². The summed E-state index contributed by atoms with van der Waals surface area (Å²) in [5.74, 6) is -0.765. The van der Waals surface area contributed by atoms with E-state index in [-0.39, 0.29) is 11.4 Å². The molecule has 1 amide bonds. The highest BCUT2D eigenvalue weighted by atomic mass is 32.1. The van der Waals surface area contributed by atoms with Gasteiger partial charge in [-0.3, -0.25) is 4.79 Å². The molecule has 0 saturated carbocycles. The van der Waals surface area contributed by atoms with Crippen LogP contribution in [0.3, 0.4) is 0 Å². The lowest BCUT2D eigenvalue weighted by atomic mass is 10.2. The van der Waals surface area contributed by atoms with E-state index in [1.54, 1.807) is 18.2 Å². The average molecular weight is 315 g/mol. The minimum Gasteiger partial charge on any atom is -0.351 e. The zero-order chi connectivity index (χ0) is 15.9. The zero-order valence-corrected chi connectivity index (χ0v) is 12.8. The molecular weight excluding hydrogens is 301 g/mol. The number of hydrogen-bond donors (Lipinski definition) is 1. The number of nitrogens with one attached hydrogen (secondary N) is 1. The van der Waals surface area contributed by atoms with Crippen molar-refractivity contribution in [3.63, 3.8) is 0 Å². The fourth-order valence-corrected chi connectivity index (χ4v) is 2.62. The number of nitriles is 1. The number of rotatable bonds is 5. The molecule has 2 aromatic rings. The van der Waals surface area contributed by atoms with Gasteiger partial charge in [0.2, 0.25) is 0 Å². The van der Waals surface area contributed by atoms with Crippen LogP contribution in [0.5, 0.6) is 0 Å². The van der Waals surface area contributed by atoms with E-state index in [1.165, 1.54) is 29.7 Å². The van der Waals surface area contributed by atoms with Gasteiger partial charge in [-0.15, -0.1) is 11.3 Å². The van der Waals surface area contributed by atoms with Gasteiger partial charge in [-0.1, -0.05) is 19.1 Å². The van der Waals surface area contributed by atoms with Crippen LogP contribution in [-0.4, -0.2) is 17.4 Å². The third-order valence-corrected chi connectivity index (χ3v) is 3.79. The Kier molecular flexibility index (Phi) is 5.39. The third-order valence-electron chi connectivity index (χ3n) is 2.82. The fraction of sp³-hybridized carbons (Fsp3) is 0.188. The molecule has 0 bridgehead atoms. The lowest BCUT2D eigenvalue weighted by Crippen LogP contribution is -2.24. The van der Waals surface area contributed by atoms with E-state index in [4.69, 9.17) is 5.26 Å². The summed E-state index contributed by atoms with van der Waals surface area (Å²) in [6.45, 7) is 2.45. The summed E-state index contributed by atoms with van der Waals surface area (Å²) < 4.78 is 13.7. The Morgan fingerprint density at radius 2 is 2.27 bits per heavy atom. The van der Waals surface area contributed by atoms with Crippen molar-refractivity contribution >= 4 is 23.3 Å². The second-order valence-electron chi connectivity index (χ2n) is 4.47. The molecule has 112 valence electrons. The zero-order valence-electron chi connectivity index (χ0n) is 12.0. The molecule has 0 spiro atoms. The maximum atomic E-state index is 13.7. The SMILES string of the molecule is CCCNC(=O)/C(C#N)=C/c1cnc(-c2ccccc2F)s1. The van der Waals surface area contributed by atoms with Crippen molar-refractivity contribution in [2.24, 2.45) is 0 Å². The van der Waals surface area contributed by atoms with E-state index in [0.717, 1.165) is 6.42 Å². The van der Waals surface area contributed by atoms with Gasteiger partial charge in [-0.25, -0.2) is 9.37 Å². The van der Waals surface area contributed by atoms with Crippen LogP contribution in [0.15, 0.2) is 36.0 Å². The first-order valence-corrected chi connectivity index (χ1v) is 7.58. The minimum atomic E-state index is -0.412. The summed E-state index contributed by atoms with van der Waals surface area (Å²) in [6, 6.07) is 8.22. The van der Waals surface area contributed by atoms with Crippen LogP contribution in [-0.2, 0) is 4.79 Å². The summed E-state index contributed by atoms with van der Waals surface area (Å²) in [4.78, 5) is 16.6. The van der Waals surface area contributed by atoms with Crippen molar-refractivity contribution in [2.75, 3.05) is 6.54 Å². The monoisotopic (exact) mass is 315 g/mol. The molecular formula is C16H14FN3OS. The Labute approximate surface area is 131 Å². The molecule has 0 radical (unpaired) electrons. The van der Waals surface area contributed by atoms with Crippen LogP contribution >= 0.6 is 11.3 Å². The number of amides is 1. The van der Waals surface area contributed by atoms with E-state index in [2.05, 4.69) is 10.3 Å². The molecule has 0 saturated heterocycles. The van der Waals surface area contributed by atoms with Gasteiger partial charge in [0.15, 0.2) is 0 Å². The first kappa shape index (κ1) is 15.9. The number of thiazole rings is 1. The third kappa shape index (κ3) is 3.77. The van der Waals surface area contributed by atoms with E-state index in [1.807, 2.05) is 13.0 Å². The minimum absolute atomic E-state index is 0.0113. The lowest BCUT2D eigenvalue weighted by Gasteiger charge is -2.00. The van der Waals surface area contributed by atoms with Crippen molar-refractivity contribution in [2.45, 2.75) is 13.3 Å². The Hall–Kier alpha value is -2.52. The normalized spacial score (nSPS) is 11.0. The van der Waals surface area contributed by atoms with Crippen molar-refractivity contribution < 1.29 is 9.18 Å². The summed E-state index contributed by atoms with van der Waals surface area (Å²) in [5.41, 5.74) is 0.415. The van der Waals surface area contributed by atoms with Gasteiger partial charge in [-0.2, -0.15) is 5.26 Å². The Balaban J connectivity index is 2.24. The predicted molar refractivity (Wildman–Crippen MR) is 84.4 cm³/mol. The summed E-state index contributed by atoms with van der Waals surface area (Å²) in [6.07, 6.45) is 3.78. The molecule has 0 atom stereocenters. The number of hydrogen-bond acceptors (Lipinski definition) is 4. The quantitative estimate of drug-likeness (QED) is 0.679. The first-order chi connectivity index (χ1) is 10.7. The van der Waals surface area contributed by atoms with Crippen LogP contribution in [0.1, 0.15) is 18.2 Å². The number of carbonyl (C=O) groups is 1. The number of aromatic nitrogens is 1. The number of carbonyl (C=O) groups excluding carboxylic acids is 1. The second-order valence-corrected chi connectivity index (χ2v) is 5.54. The molecule has 2 rings (SSSR count). The van der Waals surface area contributed by atoms with Crippen LogP contribution in [0.2, 0.25) is 0 Å². The molecule has 1 heterocycles. The number of benzene rings is 1. The number of halogens is 1. The van der Waals surface area contributed by atoms with E-state index in [0.29, 0.717) is 22.0 Å². The second kappa shape index (κ2) is 7.48. The van der Waals surface area contributed by atoms with Crippen molar-refractivity contribution in [3.8, 4) is 16.6 Å². The molecule has 0 aliphatic heterocycles. The van der Waals surface area contributed by atoms with Crippen molar-refractivity contribution in [1.82, 2.24) is 10.3 Å². The van der Waals surface area contributed by atoms with Crippen LogP contribution < -0.4 is 5.32 Å². The highest BCUT2D eigenvalue weighted by Crippen LogP contribution is 2.28. The predicted octanol–water partition coefficient (Wildman–Crippen LogP) is 3.38. The maximum absolute atomic E-state index is 13.7. The largest absolute Gasteiger partial charge is 0.351 e. The summed E-state index contributed by atoms with van der Waals surface area (Å²) in [7, 11) is 0. The number of nitrogens with zero attached hydrogens (tertiary/aromatic N) is 2. The van der Waals surface area contributed by atoms with E-state index < -0.39 is 5.91 Å². The molecule has 0 fully saturated rings. The maximum Gasteiger partial charge on any atom is 0.261 e.